The van der Waals surface area contributed by atoms with Gasteiger partial charge in [-0.15, -0.1) is 0 Å². The lowest BCUT2D eigenvalue weighted by atomic mass is 9.93. The predicted molar refractivity (Wildman–Crippen MR) is 73.7 cm³/mol. The molecule has 0 fully saturated rings. The quantitative estimate of drug-likeness (QED) is 0.608. The Morgan fingerprint density at radius 1 is 1.07 bits per heavy atom. The molecule has 0 aliphatic rings. The van der Waals surface area contributed by atoms with Crippen LogP contribution in [0.25, 0.3) is 0 Å². The van der Waals surface area contributed by atoms with Crippen LogP contribution in [0.5, 0.6) is 0 Å². The van der Waals surface area contributed by atoms with Crippen LogP contribution in [0.2, 0.25) is 0 Å². The van der Waals surface area contributed by atoms with Crippen molar-refractivity contribution >= 4 is 11.8 Å². The van der Waals surface area contributed by atoms with Crippen LogP contribution < -0.4 is 5.32 Å². The largest absolute Gasteiger partial charge is 0.316 e. The minimum Gasteiger partial charge on any atom is -0.316 e. The SMILES string of the molecule is CCSCCC(CNCC(C)C)C(C)C. The van der Waals surface area contributed by atoms with E-state index in [4.69, 9.17) is 0 Å². The average Bonchev–Trinajstić information content (AvgIpc) is 2.15. The molecule has 0 saturated heterocycles. The summed E-state index contributed by atoms with van der Waals surface area (Å²) >= 11 is 2.07. The summed E-state index contributed by atoms with van der Waals surface area (Å²) in [4.78, 5) is 0. The third-order valence-corrected chi connectivity index (χ3v) is 3.67. The van der Waals surface area contributed by atoms with Gasteiger partial charge in [-0.2, -0.15) is 11.8 Å². The van der Waals surface area contributed by atoms with Crippen LogP contribution in [0.3, 0.4) is 0 Å². The van der Waals surface area contributed by atoms with Gasteiger partial charge in [0.15, 0.2) is 0 Å². The van der Waals surface area contributed by atoms with Crippen molar-refractivity contribution in [2.24, 2.45) is 17.8 Å². The number of nitrogens with one attached hydrogen (secondary N) is 1. The molecule has 0 aromatic rings. The molecule has 15 heavy (non-hydrogen) atoms. The summed E-state index contributed by atoms with van der Waals surface area (Å²) in [5.41, 5.74) is 0. The van der Waals surface area contributed by atoms with Crippen molar-refractivity contribution < 1.29 is 0 Å². The maximum absolute atomic E-state index is 3.58. The van der Waals surface area contributed by atoms with Crippen molar-refractivity contribution in [1.29, 1.82) is 0 Å². The molecule has 1 N–H and O–H groups in total. The van der Waals surface area contributed by atoms with E-state index in [9.17, 15) is 0 Å². The normalized spacial score (nSPS) is 13.8. The minimum atomic E-state index is 0.767. The molecule has 92 valence electrons. The maximum atomic E-state index is 3.58. The van der Waals surface area contributed by atoms with Crippen molar-refractivity contribution in [3.05, 3.63) is 0 Å². The van der Waals surface area contributed by atoms with Crippen LogP contribution in [0, 0.1) is 17.8 Å². The van der Waals surface area contributed by atoms with Crippen LogP contribution in [0.4, 0.5) is 0 Å². The van der Waals surface area contributed by atoms with Gasteiger partial charge in [-0.3, -0.25) is 0 Å². The van der Waals surface area contributed by atoms with Crippen molar-refractivity contribution in [3.8, 4) is 0 Å². The Bertz CT molecular complexity index is 134. The van der Waals surface area contributed by atoms with Gasteiger partial charge in [-0.25, -0.2) is 0 Å². The molecule has 0 spiro atoms. The lowest BCUT2D eigenvalue weighted by Gasteiger charge is -2.21. The Kier molecular flexibility index (Phi) is 9.73. The number of hydrogen-bond donors (Lipinski definition) is 1. The summed E-state index contributed by atoms with van der Waals surface area (Å²) in [5, 5.41) is 3.58. The second kappa shape index (κ2) is 9.53. The van der Waals surface area contributed by atoms with Gasteiger partial charge < -0.3 is 5.32 Å². The van der Waals surface area contributed by atoms with Gasteiger partial charge in [0, 0.05) is 0 Å². The molecule has 0 aromatic carbocycles. The first kappa shape index (κ1) is 15.3. The molecule has 0 rings (SSSR count). The topological polar surface area (TPSA) is 12.0 Å². The molecule has 0 aliphatic heterocycles. The number of thioether (sulfide) groups is 1. The van der Waals surface area contributed by atoms with E-state index >= 15 is 0 Å². The molecule has 0 aromatic heterocycles. The van der Waals surface area contributed by atoms with Gasteiger partial charge in [0.1, 0.15) is 0 Å². The molecule has 2 heteroatoms. The van der Waals surface area contributed by atoms with E-state index in [0.717, 1.165) is 24.3 Å². The lowest BCUT2D eigenvalue weighted by Crippen LogP contribution is -2.29. The third kappa shape index (κ3) is 9.25. The molecular weight excluding hydrogens is 202 g/mol. The van der Waals surface area contributed by atoms with Gasteiger partial charge in [0.25, 0.3) is 0 Å². The van der Waals surface area contributed by atoms with Crippen LogP contribution in [-0.4, -0.2) is 24.6 Å². The highest BCUT2D eigenvalue weighted by atomic mass is 32.2. The molecule has 0 bridgehead atoms. The average molecular weight is 231 g/mol. The summed E-state index contributed by atoms with van der Waals surface area (Å²) in [6, 6.07) is 0. The van der Waals surface area contributed by atoms with Gasteiger partial charge in [0.05, 0.1) is 0 Å². The fraction of sp³-hybridized carbons (Fsp3) is 1.00. The lowest BCUT2D eigenvalue weighted by molar-refractivity contribution is 0.347. The van der Waals surface area contributed by atoms with Crippen LogP contribution in [0.1, 0.15) is 41.0 Å². The van der Waals surface area contributed by atoms with E-state index < -0.39 is 0 Å². The van der Waals surface area contributed by atoms with Crippen LogP contribution in [-0.2, 0) is 0 Å². The van der Waals surface area contributed by atoms with Crippen LogP contribution in [0.15, 0.2) is 0 Å². The zero-order valence-corrected chi connectivity index (χ0v) is 12.0. The molecule has 0 radical (unpaired) electrons. The first-order valence-electron chi connectivity index (χ1n) is 6.36. The molecule has 0 saturated carbocycles. The van der Waals surface area contributed by atoms with E-state index in [1.165, 1.54) is 24.5 Å². The zero-order chi connectivity index (χ0) is 11.7. The molecule has 1 unspecified atom stereocenters. The molecule has 1 atom stereocenters. The van der Waals surface area contributed by atoms with Crippen LogP contribution >= 0.6 is 11.8 Å². The third-order valence-electron chi connectivity index (χ3n) is 2.74. The Morgan fingerprint density at radius 3 is 2.20 bits per heavy atom. The number of rotatable bonds is 9. The molecular formula is C13H29NS. The monoisotopic (exact) mass is 231 g/mol. The van der Waals surface area contributed by atoms with Gasteiger partial charge in [-0.05, 0) is 48.8 Å². The summed E-state index contributed by atoms with van der Waals surface area (Å²) in [6.07, 6.45) is 1.36. The Hall–Kier alpha value is 0.310. The van der Waals surface area contributed by atoms with Gasteiger partial charge in [0.2, 0.25) is 0 Å². The van der Waals surface area contributed by atoms with Crippen molar-refractivity contribution in [2.45, 2.75) is 41.0 Å². The molecule has 0 heterocycles. The molecule has 0 amide bonds. The molecule has 0 aliphatic carbocycles. The summed E-state index contributed by atoms with van der Waals surface area (Å²) in [6.45, 7) is 13.8. The first-order valence-corrected chi connectivity index (χ1v) is 7.51. The fourth-order valence-electron chi connectivity index (χ4n) is 1.61. The Labute approximate surface area is 101 Å². The first-order chi connectivity index (χ1) is 7.07. The smallest absolute Gasteiger partial charge is 0.00177 e. The summed E-state index contributed by atoms with van der Waals surface area (Å²) in [7, 11) is 0. The second-order valence-corrected chi connectivity index (χ2v) is 6.44. The standard InChI is InChI=1S/C13H29NS/c1-6-15-8-7-13(12(4)5)10-14-9-11(2)3/h11-14H,6-10H2,1-5H3. The Morgan fingerprint density at radius 2 is 1.73 bits per heavy atom. The maximum Gasteiger partial charge on any atom is -0.00177 e. The highest BCUT2D eigenvalue weighted by molar-refractivity contribution is 7.99. The summed E-state index contributed by atoms with van der Waals surface area (Å²) in [5.74, 6) is 5.00. The van der Waals surface area contributed by atoms with E-state index in [-0.39, 0.29) is 0 Å². The predicted octanol–water partition coefficient (Wildman–Crippen LogP) is 3.65. The summed E-state index contributed by atoms with van der Waals surface area (Å²) < 4.78 is 0. The fourth-order valence-corrected chi connectivity index (χ4v) is 2.37. The van der Waals surface area contributed by atoms with E-state index in [1.54, 1.807) is 0 Å². The van der Waals surface area contributed by atoms with Gasteiger partial charge >= 0.3 is 0 Å². The number of hydrogen-bond acceptors (Lipinski definition) is 2. The van der Waals surface area contributed by atoms with Gasteiger partial charge in [-0.1, -0.05) is 34.6 Å². The van der Waals surface area contributed by atoms with Crippen molar-refractivity contribution in [1.82, 2.24) is 5.32 Å². The zero-order valence-electron chi connectivity index (χ0n) is 11.2. The highest BCUT2D eigenvalue weighted by Gasteiger charge is 2.12. The van der Waals surface area contributed by atoms with Crippen molar-refractivity contribution in [3.63, 3.8) is 0 Å². The van der Waals surface area contributed by atoms with E-state index in [2.05, 4.69) is 51.7 Å². The second-order valence-electron chi connectivity index (χ2n) is 5.04. The van der Waals surface area contributed by atoms with E-state index in [0.29, 0.717) is 0 Å². The van der Waals surface area contributed by atoms with E-state index in [1.807, 2.05) is 0 Å². The molecule has 1 nitrogen and oxygen atoms in total. The highest BCUT2D eigenvalue weighted by Crippen LogP contribution is 2.17. The minimum absolute atomic E-state index is 0.767. The van der Waals surface area contributed by atoms with Crippen molar-refractivity contribution in [2.75, 3.05) is 24.6 Å². The Balaban J connectivity index is 3.64.